The molecule has 0 saturated heterocycles. The molecular formula is C15H29N3O. The third-order valence-electron chi connectivity index (χ3n) is 3.89. The number of methoxy groups -OCH3 is 1. The van der Waals surface area contributed by atoms with Gasteiger partial charge in [-0.25, -0.2) is 0 Å². The van der Waals surface area contributed by atoms with E-state index in [4.69, 9.17) is 4.74 Å². The lowest BCUT2D eigenvalue weighted by Crippen LogP contribution is -2.29. The minimum atomic E-state index is 0.327. The zero-order chi connectivity index (χ0) is 14.3. The number of hydrogen-bond acceptors (Lipinski definition) is 3. The van der Waals surface area contributed by atoms with Gasteiger partial charge in [0, 0.05) is 31.8 Å². The van der Waals surface area contributed by atoms with Crippen molar-refractivity contribution < 1.29 is 4.74 Å². The molecule has 0 aliphatic carbocycles. The van der Waals surface area contributed by atoms with Crippen LogP contribution in [0.15, 0.2) is 12.3 Å². The standard InChI is InChI=1S/C15H29N3O/c1-6-12(2)18-10-9-15(17-18)11-14(16-4)8-7-13(3)19-5/h9-10,12-14,16H,6-8,11H2,1-5H3. The molecule has 19 heavy (non-hydrogen) atoms. The van der Waals surface area contributed by atoms with Crippen LogP contribution in [0.25, 0.3) is 0 Å². The lowest BCUT2D eigenvalue weighted by Gasteiger charge is -2.17. The number of nitrogens with zero attached hydrogens (tertiary/aromatic N) is 2. The summed E-state index contributed by atoms with van der Waals surface area (Å²) in [6.07, 6.45) is 6.70. The summed E-state index contributed by atoms with van der Waals surface area (Å²) in [6.45, 7) is 6.51. The van der Waals surface area contributed by atoms with Gasteiger partial charge in [0.15, 0.2) is 0 Å². The zero-order valence-electron chi connectivity index (χ0n) is 13.0. The number of hydrogen-bond donors (Lipinski definition) is 1. The van der Waals surface area contributed by atoms with Crippen molar-refractivity contribution in [3.05, 3.63) is 18.0 Å². The summed E-state index contributed by atoms with van der Waals surface area (Å²) >= 11 is 0. The van der Waals surface area contributed by atoms with Crippen LogP contribution < -0.4 is 5.32 Å². The fourth-order valence-corrected chi connectivity index (χ4v) is 2.07. The van der Waals surface area contributed by atoms with Gasteiger partial charge >= 0.3 is 0 Å². The fourth-order valence-electron chi connectivity index (χ4n) is 2.07. The van der Waals surface area contributed by atoms with Crippen LogP contribution >= 0.6 is 0 Å². The van der Waals surface area contributed by atoms with Crippen LogP contribution in [0.5, 0.6) is 0 Å². The van der Waals surface area contributed by atoms with E-state index in [1.165, 1.54) is 5.69 Å². The number of rotatable bonds is 9. The maximum absolute atomic E-state index is 5.30. The summed E-state index contributed by atoms with van der Waals surface area (Å²) < 4.78 is 7.37. The zero-order valence-corrected chi connectivity index (χ0v) is 13.0. The Balaban J connectivity index is 2.48. The van der Waals surface area contributed by atoms with Crippen LogP contribution in [0.2, 0.25) is 0 Å². The van der Waals surface area contributed by atoms with E-state index in [1.54, 1.807) is 7.11 Å². The molecule has 0 bridgehead atoms. The average molecular weight is 267 g/mol. The monoisotopic (exact) mass is 267 g/mol. The first-order chi connectivity index (χ1) is 9.10. The lowest BCUT2D eigenvalue weighted by atomic mass is 10.0. The molecule has 3 unspecified atom stereocenters. The molecule has 4 heteroatoms. The van der Waals surface area contributed by atoms with Gasteiger partial charge in [0.1, 0.15) is 0 Å². The molecular weight excluding hydrogens is 238 g/mol. The van der Waals surface area contributed by atoms with Gasteiger partial charge in [-0.1, -0.05) is 6.92 Å². The van der Waals surface area contributed by atoms with Crippen LogP contribution in [0.4, 0.5) is 0 Å². The molecule has 0 aliphatic rings. The Labute approximate surface area is 117 Å². The van der Waals surface area contributed by atoms with E-state index >= 15 is 0 Å². The molecule has 1 N–H and O–H groups in total. The molecule has 1 rings (SSSR count). The molecule has 4 nitrogen and oxygen atoms in total. The van der Waals surface area contributed by atoms with Crippen molar-refractivity contribution in [2.45, 2.75) is 64.6 Å². The van der Waals surface area contributed by atoms with Crippen LogP contribution in [-0.2, 0) is 11.2 Å². The van der Waals surface area contributed by atoms with Crippen LogP contribution in [0, 0.1) is 0 Å². The third kappa shape index (κ3) is 5.33. The van der Waals surface area contributed by atoms with Crippen molar-refractivity contribution >= 4 is 0 Å². The summed E-state index contributed by atoms with van der Waals surface area (Å²) in [5.41, 5.74) is 1.17. The number of aromatic nitrogens is 2. The third-order valence-corrected chi connectivity index (χ3v) is 3.89. The van der Waals surface area contributed by atoms with Gasteiger partial charge in [0.2, 0.25) is 0 Å². The van der Waals surface area contributed by atoms with Crippen LogP contribution in [0.3, 0.4) is 0 Å². The first kappa shape index (κ1) is 16.2. The maximum atomic E-state index is 5.30. The highest BCUT2D eigenvalue weighted by Crippen LogP contribution is 2.12. The van der Waals surface area contributed by atoms with Crippen molar-refractivity contribution in [2.24, 2.45) is 0 Å². The molecule has 0 aromatic carbocycles. The second kappa shape index (κ2) is 8.33. The summed E-state index contributed by atoms with van der Waals surface area (Å²) in [5.74, 6) is 0. The van der Waals surface area contributed by atoms with Gasteiger partial charge in [-0.15, -0.1) is 0 Å². The Morgan fingerprint density at radius 3 is 2.68 bits per heavy atom. The molecule has 1 aromatic heterocycles. The summed E-state index contributed by atoms with van der Waals surface area (Å²) in [7, 11) is 3.79. The Morgan fingerprint density at radius 1 is 1.37 bits per heavy atom. The summed E-state index contributed by atoms with van der Waals surface area (Å²) in [4.78, 5) is 0. The highest BCUT2D eigenvalue weighted by Gasteiger charge is 2.12. The Hall–Kier alpha value is -0.870. The number of likely N-dealkylation sites (N-methyl/N-ethyl adjacent to an activating group) is 1. The van der Waals surface area contributed by atoms with Gasteiger partial charge in [-0.2, -0.15) is 5.10 Å². The van der Waals surface area contributed by atoms with E-state index in [9.17, 15) is 0 Å². The number of ether oxygens (including phenoxy) is 1. The highest BCUT2D eigenvalue weighted by atomic mass is 16.5. The van der Waals surface area contributed by atoms with Crippen molar-refractivity contribution in [1.82, 2.24) is 15.1 Å². The van der Waals surface area contributed by atoms with E-state index < -0.39 is 0 Å². The summed E-state index contributed by atoms with van der Waals surface area (Å²) in [5, 5.41) is 8.04. The number of nitrogens with one attached hydrogen (secondary N) is 1. The Kier molecular flexibility index (Phi) is 7.10. The van der Waals surface area contributed by atoms with Gasteiger partial charge in [-0.05, 0) is 46.2 Å². The lowest BCUT2D eigenvalue weighted by molar-refractivity contribution is 0.106. The normalized spacial score (nSPS) is 16.3. The molecule has 0 fully saturated rings. The molecule has 110 valence electrons. The van der Waals surface area contributed by atoms with Gasteiger partial charge < -0.3 is 10.1 Å². The van der Waals surface area contributed by atoms with Crippen molar-refractivity contribution in [3.8, 4) is 0 Å². The Morgan fingerprint density at radius 2 is 2.11 bits per heavy atom. The van der Waals surface area contributed by atoms with Crippen molar-refractivity contribution in [1.29, 1.82) is 0 Å². The average Bonchev–Trinajstić information content (AvgIpc) is 2.90. The van der Waals surface area contributed by atoms with Gasteiger partial charge in [0.25, 0.3) is 0 Å². The second-order valence-electron chi connectivity index (χ2n) is 5.36. The van der Waals surface area contributed by atoms with Gasteiger partial charge in [0.05, 0.1) is 11.8 Å². The molecule has 0 radical (unpaired) electrons. The molecule has 1 heterocycles. The molecule has 1 aromatic rings. The van der Waals surface area contributed by atoms with E-state index in [1.807, 2.05) is 7.05 Å². The predicted octanol–water partition coefficient (Wildman–Crippen LogP) is 2.80. The van der Waals surface area contributed by atoms with E-state index in [0.29, 0.717) is 18.2 Å². The minimum Gasteiger partial charge on any atom is -0.382 e. The van der Waals surface area contributed by atoms with Crippen LogP contribution in [0.1, 0.15) is 51.8 Å². The van der Waals surface area contributed by atoms with E-state index in [-0.39, 0.29) is 0 Å². The predicted molar refractivity (Wildman–Crippen MR) is 79.5 cm³/mol. The SMILES string of the molecule is CCC(C)n1ccc(CC(CCC(C)OC)NC)n1. The maximum Gasteiger partial charge on any atom is 0.0640 e. The molecule has 3 atom stereocenters. The first-order valence-corrected chi connectivity index (χ1v) is 7.34. The summed E-state index contributed by atoms with van der Waals surface area (Å²) in [6, 6.07) is 3.09. The topological polar surface area (TPSA) is 39.1 Å². The first-order valence-electron chi connectivity index (χ1n) is 7.34. The largest absolute Gasteiger partial charge is 0.382 e. The molecule has 0 aliphatic heterocycles. The molecule has 0 spiro atoms. The quantitative estimate of drug-likeness (QED) is 0.748. The van der Waals surface area contributed by atoms with Crippen molar-refractivity contribution in [2.75, 3.05) is 14.2 Å². The van der Waals surface area contributed by atoms with Crippen LogP contribution in [-0.4, -0.2) is 36.1 Å². The second-order valence-corrected chi connectivity index (χ2v) is 5.36. The smallest absolute Gasteiger partial charge is 0.0640 e. The minimum absolute atomic E-state index is 0.327. The highest BCUT2D eigenvalue weighted by molar-refractivity contribution is 5.02. The van der Waals surface area contributed by atoms with Gasteiger partial charge in [-0.3, -0.25) is 4.68 Å². The Bertz CT molecular complexity index is 351. The van der Waals surface area contributed by atoms with E-state index in [2.05, 4.69) is 48.1 Å². The van der Waals surface area contributed by atoms with E-state index in [0.717, 1.165) is 25.7 Å². The fraction of sp³-hybridized carbons (Fsp3) is 0.800. The van der Waals surface area contributed by atoms with Crippen molar-refractivity contribution in [3.63, 3.8) is 0 Å². The molecule has 0 saturated carbocycles. The molecule has 0 amide bonds.